The minimum absolute atomic E-state index is 0.186. The lowest BCUT2D eigenvalue weighted by Gasteiger charge is -2.14. The molecule has 0 fully saturated rings. The number of hydrogen-bond acceptors (Lipinski definition) is 6. The second kappa shape index (κ2) is 9.53. The summed E-state index contributed by atoms with van der Waals surface area (Å²) in [5, 5.41) is 9.18. The first kappa shape index (κ1) is 23.1. The van der Waals surface area contributed by atoms with Crippen LogP contribution in [0.1, 0.15) is 35.5 Å². The average Bonchev–Trinajstić information content (AvgIpc) is 3.54. The molecule has 5 aromatic rings. The van der Waals surface area contributed by atoms with Gasteiger partial charge in [-0.15, -0.1) is 0 Å². The average molecular weight is 484 g/mol. The molecule has 0 bridgehead atoms. The highest BCUT2D eigenvalue weighted by Crippen LogP contribution is 2.30. The van der Waals surface area contributed by atoms with E-state index in [-0.39, 0.29) is 17.4 Å². The van der Waals surface area contributed by atoms with Gasteiger partial charge in [-0.2, -0.15) is 9.78 Å². The van der Waals surface area contributed by atoms with Crippen molar-refractivity contribution in [1.82, 2.24) is 19.7 Å². The maximum absolute atomic E-state index is 13.7. The summed E-state index contributed by atoms with van der Waals surface area (Å²) in [5.74, 6) is 1.10. The molecule has 36 heavy (non-hydrogen) atoms. The van der Waals surface area contributed by atoms with Crippen LogP contribution in [0, 0.1) is 6.92 Å². The zero-order valence-electron chi connectivity index (χ0n) is 20.2. The molecule has 0 aliphatic carbocycles. The van der Waals surface area contributed by atoms with Crippen LogP contribution in [0.3, 0.4) is 0 Å². The number of furan rings is 1. The maximum Gasteiger partial charge on any atom is 0.261 e. The molecule has 2 aromatic carbocycles. The normalized spacial score (nSPS) is 11.1. The van der Waals surface area contributed by atoms with Crippen molar-refractivity contribution >= 4 is 22.5 Å². The van der Waals surface area contributed by atoms with E-state index in [1.807, 2.05) is 44.2 Å². The van der Waals surface area contributed by atoms with Crippen LogP contribution in [0.15, 0.2) is 70.1 Å². The first-order valence-corrected chi connectivity index (χ1v) is 11.7. The Morgan fingerprint density at radius 2 is 1.97 bits per heavy atom. The number of carbonyl (C=O) groups excluding carboxylic acids is 1. The third-order valence-electron chi connectivity index (χ3n) is 5.91. The van der Waals surface area contributed by atoms with Crippen molar-refractivity contribution in [2.75, 3.05) is 11.9 Å². The molecule has 0 aliphatic heterocycles. The van der Waals surface area contributed by atoms with E-state index in [0.717, 1.165) is 10.8 Å². The Hall–Kier alpha value is -4.66. The van der Waals surface area contributed by atoms with Gasteiger partial charge < -0.3 is 14.5 Å². The topological polar surface area (TPSA) is 115 Å². The Labute approximate surface area is 206 Å². The lowest BCUT2D eigenvalue weighted by molar-refractivity contribution is 0.102. The van der Waals surface area contributed by atoms with Crippen molar-refractivity contribution in [3.63, 3.8) is 0 Å². The van der Waals surface area contributed by atoms with Gasteiger partial charge >= 0.3 is 0 Å². The number of aromatic nitrogens is 4. The fraction of sp³-hybridized carbons (Fsp3) is 0.185. The molecule has 9 nitrogen and oxygen atoms in total. The Morgan fingerprint density at radius 1 is 1.14 bits per heavy atom. The van der Waals surface area contributed by atoms with Crippen molar-refractivity contribution in [3.8, 4) is 23.2 Å². The highest BCUT2D eigenvalue weighted by atomic mass is 16.5. The Kier molecular flexibility index (Phi) is 6.12. The molecule has 0 saturated carbocycles. The first-order valence-electron chi connectivity index (χ1n) is 11.7. The second-order valence-electron chi connectivity index (χ2n) is 8.16. The number of nitrogens with zero attached hydrogens (tertiary/aromatic N) is 3. The second-order valence-corrected chi connectivity index (χ2v) is 8.16. The number of anilines is 1. The number of fused-ring (bicyclic) bond motifs is 1. The zero-order chi connectivity index (χ0) is 25.2. The van der Waals surface area contributed by atoms with Gasteiger partial charge in [0.1, 0.15) is 17.3 Å². The number of amides is 1. The minimum Gasteiger partial charge on any atom is -0.493 e. The quantitative estimate of drug-likeness (QED) is 0.341. The minimum atomic E-state index is -0.383. The molecule has 0 radical (unpaired) electrons. The molecule has 3 aromatic heterocycles. The predicted molar refractivity (Wildman–Crippen MR) is 137 cm³/mol. The monoisotopic (exact) mass is 483 g/mol. The highest BCUT2D eigenvalue weighted by molar-refractivity contribution is 6.15. The van der Waals surface area contributed by atoms with Gasteiger partial charge in [-0.1, -0.05) is 37.3 Å². The van der Waals surface area contributed by atoms with Gasteiger partial charge in [0, 0.05) is 17.3 Å². The number of nitrogens with one attached hydrogen (secondary N) is 2. The van der Waals surface area contributed by atoms with Crippen molar-refractivity contribution in [1.29, 1.82) is 0 Å². The zero-order valence-corrected chi connectivity index (χ0v) is 20.2. The summed E-state index contributed by atoms with van der Waals surface area (Å²) >= 11 is 0. The molecule has 0 unspecified atom stereocenters. The summed E-state index contributed by atoms with van der Waals surface area (Å²) in [6.45, 7) is 5.95. The van der Waals surface area contributed by atoms with Crippen LogP contribution >= 0.6 is 0 Å². The molecule has 2 N–H and O–H groups in total. The third kappa shape index (κ3) is 4.15. The largest absolute Gasteiger partial charge is 0.493 e. The molecule has 0 spiro atoms. The summed E-state index contributed by atoms with van der Waals surface area (Å²) in [4.78, 5) is 33.7. The number of carbonyl (C=O) groups is 1. The molecule has 3 heterocycles. The van der Waals surface area contributed by atoms with Gasteiger partial charge in [-0.3, -0.25) is 14.6 Å². The SMILES string of the molecule is CCOc1ccc2ccccc2c1C(=O)Nc1cc(-c2ccco2)nn1-c1nc(C)c(CC)c(=O)[nH]1. The summed E-state index contributed by atoms with van der Waals surface area (Å²) in [6.07, 6.45) is 2.09. The Balaban J connectivity index is 1.63. The predicted octanol–water partition coefficient (Wildman–Crippen LogP) is 4.89. The number of aryl methyl sites for hydroxylation is 1. The van der Waals surface area contributed by atoms with E-state index in [9.17, 15) is 9.59 Å². The molecular formula is C27H25N5O4. The standard InChI is InChI=1S/C27H25N5O4/c1-4-18-16(3)28-27(30-25(18)33)32-23(15-20(31-32)21-11-8-14-36-21)29-26(34)24-19-10-7-6-9-17(19)12-13-22(24)35-5-2/h6-15H,4-5H2,1-3H3,(H,29,34)(H,28,30,33). The van der Waals surface area contributed by atoms with Crippen molar-refractivity contribution in [2.24, 2.45) is 0 Å². The van der Waals surface area contributed by atoms with Crippen LogP contribution in [0.4, 0.5) is 5.82 Å². The first-order chi connectivity index (χ1) is 17.5. The molecule has 0 saturated heterocycles. The van der Waals surface area contributed by atoms with Crippen molar-refractivity contribution in [2.45, 2.75) is 27.2 Å². The van der Waals surface area contributed by atoms with E-state index in [1.54, 1.807) is 31.2 Å². The number of H-pyrrole nitrogens is 1. The van der Waals surface area contributed by atoms with Gasteiger partial charge in [0.25, 0.3) is 11.5 Å². The summed E-state index contributed by atoms with van der Waals surface area (Å²) in [7, 11) is 0. The van der Waals surface area contributed by atoms with Crippen LogP contribution in [-0.2, 0) is 6.42 Å². The van der Waals surface area contributed by atoms with Gasteiger partial charge in [-0.25, -0.2) is 4.98 Å². The lowest BCUT2D eigenvalue weighted by Crippen LogP contribution is -2.22. The molecule has 0 atom stereocenters. The van der Waals surface area contributed by atoms with Crippen LogP contribution < -0.4 is 15.6 Å². The molecule has 0 aliphatic rings. The van der Waals surface area contributed by atoms with E-state index in [2.05, 4.69) is 20.4 Å². The van der Waals surface area contributed by atoms with Gasteiger partial charge in [0.2, 0.25) is 5.95 Å². The van der Waals surface area contributed by atoms with Gasteiger partial charge in [-0.05, 0) is 49.2 Å². The maximum atomic E-state index is 13.7. The summed E-state index contributed by atoms with van der Waals surface area (Å²) < 4.78 is 12.7. The number of benzene rings is 2. The van der Waals surface area contributed by atoms with Gasteiger partial charge in [0.05, 0.1) is 18.4 Å². The summed E-state index contributed by atoms with van der Waals surface area (Å²) in [6, 6.07) is 16.5. The molecule has 9 heteroatoms. The van der Waals surface area contributed by atoms with E-state index in [1.165, 1.54) is 10.9 Å². The smallest absolute Gasteiger partial charge is 0.261 e. The summed E-state index contributed by atoms with van der Waals surface area (Å²) in [5.41, 5.74) is 1.82. The number of ether oxygens (including phenoxy) is 1. The van der Waals surface area contributed by atoms with Gasteiger partial charge in [0.15, 0.2) is 5.76 Å². The van der Waals surface area contributed by atoms with E-state index >= 15 is 0 Å². The van der Waals surface area contributed by atoms with E-state index < -0.39 is 0 Å². The van der Waals surface area contributed by atoms with E-state index in [4.69, 9.17) is 9.15 Å². The fourth-order valence-corrected chi connectivity index (χ4v) is 4.23. The van der Waals surface area contributed by atoms with E-state index in [0.29, 0.717) is 52.9 Å². The van der Waals surface area contributed by atoms with Crippen LogP contribution in [0.25, 0.3) is 28.2 Å². The van der Waals surface area contributed by atoms with Crippen molar-refractivity contribution < 1.29 is 13.9 Å². The van der Waals surface area contributed by atoms with Crippen molar-refractivity contribution in [3.05, 3.63) is 88.0 Å². The molecule has 1 amide bonds. The molecule has 5 rings (SSSR count). The number of aromatic amines is 1. The molecule has 182 valence electrons. The lowest BCUT2D eigenvalue weighted by atomic mass is 10.0. The molecular weight excluding hydrogens is 458 g/mol. The number of hydrogen-bond donors (Lipinski definition) is 2. The highest BCUT2D eigenvalue weighted by Gasteiger charge is 2.22. The van der Waals surface area contributed by atoms with Crippen LogP contribution in [0.5, 0.6) is 5.75 Å². The fourth-order valence-electron chi connectivity index (χ4n) is 4.23. The Morgan fingerprint density at radius 3 is 2.69 bits per heavy atom. The third-order valence-corrected chi connectivity index (χ3v) is 5.91. The van der Waals surface area contributed by atoms with Crippen LogP contribution in [-0.4, -0.2) is 32.3 Å². The number of rotatable bonds is 7. The Bertz CT molecular complexity index is 1620. The van der Waals surface area contributed by atoms with Crippen LogP contribution in [0.2, 0.25) is 0 Å².